The second-order valence-corrected chi connectivity index (χ2v) is 9.78. The van der Waals surface area contributed by atoms with Gasteiger partial charge in [0.15, 0.2) is 0 Å². The molecule has 0 unspecified atom stereocenters. The summed E-state index contributed by atoms with van der Waals surface area (Å²) in [6.45, 7) is 2.51. The molecule has 0 atom stereocenters. The zero-order chi connectivity index (χ0) is 23.3. The molecule has 1 spiro atoms. The van der Waals surface area contributed by atoms with Crippen LogP contribution in [0.4, 0.5) is 20.4 Å². The predicted molar refractivity (Wildman–Crippen MR) is 126 cm³/mol. The zero-order valence-electron chi connectivity index (χ0n) is 19.0. The van der Waals surface area contributed by atoms with Crippen LogP contribution in [0.15, 0.2) is 41.5 Å². The summed E-state index contributed by atoms with van der Waals surface area (Å²) in [6.07, 6.45) is 8.61. The Balaban J connectivity index is 1.29. The van der Waals surface area contributed by atoms with Crippen LogP contribution in [0.5, 0.6) is 0 Å². The fourth-order valence-corrected chi connectivity index (χ4v) is 6.01. The summed E-state index contributed by atoms with van der Waals surface area (Å²) in [5.41, 5.74) is 3.63. The van der Waals surface area contributed by atoms with Crippen LogP contribution in [-0.4, -0.2) is 34.6 Å². The van der Waals surface area contributed by atoms with Gasteiger partial charge < -0.3 is 9.80 Å². The minimum atomic E-state index is -0.554. The van der Waals surface area contributed by atoms with Crippen LogP contribution >= 0.6 is 0 Å². The van der Waals surface area contributed by atoms with Gasteiger partial charge in [-0.15, -0.1) is 0 Å². The molecular formula is C26H27F2N5O. The highest BCUT2D eigenvalue weighted by Gasteiger charge is 2.47. The van der Waals surface area contributed by atoms with Gasteiger partial charge in [0.2, 0.25) is 5.95 Å². The number of H-pyrrole nitrogens is 1. The summed E-state index contributed by atoms with van der Waals surface area (Å²) in [4.78, 5) is 28.7. The van der Waals surface area contributed by atoms with E-state index in [1.54, 1.807) is 12.4 Å². The summed E-state index contributed by atoms with van der Waals surface area (Å²) in [6, 6.07) is 6.33. The van der Waals surface area contributed by atoms with Gasteiger partial charge in [-0.05, 0) is 62.3 Å². The van der Waals surface area contributed by atoms with Crippen LogP contribution in [0, 0.1) is 11.6 Å². The van der Waals surface area contributed by atoms with Crippen LogP contribution in [-0.2, 0) is 24.8 Å². The molecular weight excluding hydrogens is 436 g/mol. The van der Waals surface area contributed by atoms with Gasteiger partial charge in [0.05, 0.1) is 5.69 Å². The van der Waals surface area contributed by atoms with E-state index in [0.717, 1.165) is 48.6 Å². The van der Waals surface area contributed by atoms with Crippen LogP contribution < -0.4 is 15.4 Å². The molecule has 0 amide bonds. The van der Waals surface area contributed by atoms with Crippen molar-refractivity contribution in [2.75, 3.05) is 29.4 Å². The summed E-state index contributed by atoms with van der Waals surface area (Å²) in [5, 5.41) is 0. The van der Waals surface area contributed by atoms with Gasteiger partial charge >= 0.3 is 0 Å². The lowest BCUT2D eigenvalue weighted by molar-refractivity contribution is 0.337. The molecule has 34 heavy (non-hydrogen) atoms. The second-order valence-electron chi connectivity index (χ2n) is 9.78. The van der Waals surface area contributed by atoms with Crippen LogP contribution in [0.25, 0.3) is 0 Å². The monoisotopic (exact) mass is 463 g/mol. The SMILES string of the molecule is O=c1[nH]c(N2CCC3(CC2)CN(Cc2ccncc2)c2cc(F)cc(F)c23)nc2c1CCCC2. The Morgan fingerprint density at radius 1 is 1.06 bits per heavy atom. The number of aromatic amines is 1. The molecule has 2 aliphatic heterocycles. The van der Waals surface area contributed by atoms with Crippen molar-refractivity contribution in [1.29, 1.82) is 0 Å². The number of benzene rings is 1. The van der Waals surface area contributed by atoms with Crippen molar-refractivity contribution in [3.63, 3.8) is 0 Å². The van der Waals surface area contributed by atoms with Gasteiger partial charge in [-0.25, -0.2) is 13.8 Å². The number of aryl methyl sites for hydroxylation is 1. The number of anilines is 2. The molecule has 6 rings (SSSR count). The Bertz CT molecular complexity index is 1280. The highest BCUT2D eigenvalue weighted by atomic mass is 19.1. The average molecular weight is 464 g/mol. The first-order valence-electron chi connectivity index (χ1n) is 12.0. The third-order valence-electron chi connectivity index (χ3n) is 7.72. The molecule has 4 heterocycles. The highest BCUT2D eigenvalue weighted by Crippen LogP contribution is 2.49. The lowest BCUT2D eigenvalue weighted by atomic mass is 9.74. The van der Waals surface area contributed by atoms with Crippen LogP contribution in [0.3, 0.4) is 0 Å². The first-order valence-corrected chi connectivity index (χ1v) is 12.0. The number of piperidine rings is 1. The fraction of sp³-hybridized carbons (Fsp3) is 0.423. The molecule has 1 aromatic carbocycles. The Kier molecular flexibility index (Phi) is 5.12. The smallest absolute Gasteiger partial charge is 0.255 e. The Labute approximate surface area is 196 Å². The standard InChI is InChI=1S/C26H27F2N5O/c27-18-13-20(28)23-22(14-18)33(15-17-5-9-29-10-6-17)16-26(23)7-11-32(12-8-26)25-30-21-4-2-1-3-19(21)24(34)31-25/h5-6,9-10,13-14H,1-4,7-8,11-12,15-16H2,(H,30,31,34). The van der Waals surface area contributed by atoms with Crippen molar-refractivity contribution >= 4 is 11.6 Å². The van der Waals surface area contributed by atoms with Crippen molar-refractivity contribution in [3.8, 4) is 0 Å². The van der Waals surface area contributed by atoms with E-state index in [9.17, 15) is 9.18 Å². The van der Waals surface area contributed by atoms with Crippen LogP contribution in [0.2, 0.25) is 0 Å². The molecule has 6 nitrogen and oxygen atoms in total. The van der Waals surface area contributed by atoms with Gasteiger partial charge in [0.1, 0.15) is 11.6 Å². The number of nitrogens with one attached hydrogen (secondary N) is 1. The molecule has 2 aromatic heterocycles. The minimum Gasteiger partial charge on any atom is -0.366 e. The molecule has 176 valence electrons. The van der Waals surface area contributed by atoms with Gasteiger partial charge in [0, 0.05) is 66.9 Å². The number of pyridine rings is 1. The predicted octanol–water partition coefficient (Wildman–Crippen LogP) is 3.88. The molecule has 1 N–H and O–H groups in total. The van der Waals surface area contributed by atoms with E-state index in [1.165, 1.54) is 6.07 Å². The van der Waals surface area contributed by atoms with E-state index in [4.69, 9.17) is 4.98 Å². The maximum absolute atomic E-state index is 15.2. The van der Waals surface area contributed by atoms with Gasteiger partial charge in [0.25, 0.3) is 5.56 Å². The summed E-state index contributed by atoms with van der Waals surface area (Å²) >= 11 is 0. The lowest BCUT2D eigenvalue weighted by Gasteiger charge is -2.40. The number of nitrogens with zero attached hydrogens (tertiary/aromatic N) is 4. The number of rotatable bonds is 3. The Morgan fingerprint density at radius 2 is 1.82 bits per heavy atom. The second kappa shape index (κ2) is 8.18. The molecule has 0 radical (unpaired) electrons. The van der Waals surface area contributed by atoms with Gasteiger partial charge in [-0.3, -0.25) is 14.8 Å². The van der Waals surface area contributed by atoms with E-state index >= 15 is 4.39 Å². The first kappa shape index (κ1) is 21.3. The molecule has 0 bridgehead atoms. The van der Waals surface area contributed by atoms with Crippen molar-refractivity contribution in [2.45, 2.75) is 50.5 Å². The summed E-state index contributed by atoms with van der Waals surface area (Å²) in [7, 11) is 0. The molecule has 3 aliphatic rings. The average Bonchev–Trinajstić information content (AvgIpc) is 3.12. The fourth-order valence-electron chi connectivity index (χ4n) is 6.01. The van der Waals surface area contributed by atoms with E-state index in [2.05, 4.69) is 19.8 Å². The lowest BCUT2D eigenvalue weighted by Crippen LogP contribution is -2.46. The summed E-state index contributed by atoms with van der Waals surface area (Å²) in [5.74, 6) is -0.408. The van der Waals surface area contributed by atoms with Crippen molar-refractivity contribution in [2.24, 2.45) is 0 Å². The third-order valence-corrected chi connectivity index (χ3v) is 7.72. The van der Waals surface area contributed by atoms with Crippen molar-refractivity contribution < 1.29 is 8.78 Å². The number of hydrogen-bond donors (Lipinski definition) is 1. The minimum absolute atomic E-state index is 0.0313. The maximum Gasteiger partial charge on any atom is 0.255 e. The van der Waals surface area contributed by atoms with Crippen LogP contribution in [0.1, 0.15) is 48.1 Å². The van der Waals surface area contributed by atoms with E-state index in [0.29, 0.717) is 56.2 Å². The quantitative estimate of drug-likeness (QED) is 0.639. The van der Waals surface area contributed by atoms with Crippen molar-refractivity contribution in [3.05, 3.63) is 81.0 Å². The van der Waals surface area contributed by atoms with E-state index < -0.39 is 17.0 Å². The molecule has 3 aromatic rings. The summed E-state index contributed by atoms with van der Waals surface area (Å²) < 4.78 is 29.4. The highest BCUT2D eigenvalue weighted by molar-refractivity contribution is 5.64. The van der Waals surface area contributed by atoms with Crippen molar-refractivity contribution in [1.82, 2.24) is 15.0 Å². The zero-order valence-corrected chi connectivity index (χ0v) is 19.0. The number of halogens is 2. The Hall–Kier alpha value is -3.29. The normalized spacial score (nSPS) is 18.8. The molecule has 1 fully saturated rings. The maximum atomic E-state index is 15.2. The number of aromatic nitrogens is 3. The first-order chi connectivity index (χ1) is 16.5. The molecule has 1 aliphatic carbocycles. The molecule has 0 saturated carbocycles. The molecule has 1 saturated heterocycles. The Morgan fingerprint density at radius 3 is 2.62 bits per heavy atom. The van der Waals surface area contributed by atoms with E-state index in [-0.39, 0.29) is 5.56 Å². The number of fused-ring (bicyclic) bond motifs is 3. The molecule has 8 heteroatoms. The van der Waals surface area contributed by atoms with E-state index in [1.807, 2.05) is 12.1 Å². The van der Waals surface area contributed by atoms with Gasteiger partial charge in [-0.1, -0.05) is 0 Å². The number of hydrogen-bond acceptors (Lipinski definition) is 5. The topological polar surface area (TPSA) is 65.1 Å². The third kappa shape index (κ3) is 3.56. The largest absolute Gasteiger partial charge is 0.366 e. The van der Waals surface area contributed by atoms with Gasteiger partial charge in [-0.2, -0.15) is 0 Å².